The van der Waals surface area contributed by atoms with Gasteiger partial charge in [-0.05, 0) is 19.9 Å². The second kappa shape index (κ2) is 9.61. The van der Waals surface area contributed by atoms with Crippen LogP contribution in [0.3, 0.4) is 0 Å². The third-order valence-electron chi connectivity index (χ3n) is 1.05. The van der Waals surface area contributed by atoms with Crippen LogP contribution in [-0.2, 0) is 4.79 Å². The Labute approximate surface area is 72.2 Å². The standard InChI is InChI=1S/C4H10N2O.C3H5NO/c1-3-6(4-2)5-7;1-2-3(4)5/h3-4H2,1-2H3;2H,1H2,(H2,4,5). The van der Waals surface area contributed by atoms with Crippen molar-refractivity contribution in [3.05, 3.63) is 17.6 Å². The molecule has 0 aromatic heterocycles. The molecule has 0 aromatic carbocycles. The summed E-state index contributed by atoms with van der Waals surface area (Å²) in [5, 5.41) is 4.15. The molecule has 5 nitrogen and oxygen atoms in total. The van der Waals surface area contributed by atoms with Crippen molar-refractivity contribution in [2.45, 2.75) is 13.8 Å². The Bertz CT molecular complexity index is 144. The van der Waals surface area contributed by atoms with Gasteiger partial charge in [0, 0.05) is 13.1 Å². The van der Waals surface area contributed by atoms with Crippen LogP contribution in [0.15, 0.2) is 17.9 Å². The summed E-state index contributed by atoms with van der Waals surface area (Å²) in [4.78, 5) is 19.1. The average Bonchev–Trinajstić information content (AvgIpc) is 2.09. The zero-order valence-electron chi connectivity index (χ0n) is 7.49. The fourth-order valence-electron chi connectivity index (χ4n) is 0.339. The molecule has 0 fully saturated rings. The summed E-state index contributed by atoms with van der Waals surface area (Å²) < 4.78 is 0. The van der Waals surface area contributed by atoms with Gasteiger partial charge in [-0.2, -0.15) is 0 Å². The van der Waals surface area contributed by atoms with Gasteiger partial charge in [-0.25, -0.2) is 0 Å². The Morgan fingerprint density at radius 3 is 1.92 bits per heavy atom. The SMILES string of the molecule is C=CC(N)=O.CCN(CC)N=O. The number of amides is 1. The molecule has 0 saturated heterocycles. The molecule has 0 aliphatic rings. The molecule has 0 aromatic rings. The summed E-state index contributed by atoms with van der Waals surface area (Å²) in [7, 11) is 0. The molecule has 70 valence electrons. The number of nitrogens with two attached hydrogens (primary N) is 1. The molecule has 0 aliphatic heterocycles. The molecular formula is C7H15N3O2. The van der Waals surface area contributed by atoms with Crippen molar-refractivity contribution in [2.75, 3.05) is 13.1 Å². The van der Waals surface area contributed by atoms with Gasteiger partial charge in [0.25, 0.3) is 0 Å². The van der Waals surface area contributed by atoms with E-state index >= 15 is 0 Å². The van der Waals surface area contributed by atoms with Gasteiger partial charge < -0.3 is 5.73 Å². The molecule has 0 rings (SSSR count). The highest BCUT2D eigenvalue weighted by molar-refractivity contribution is 5.84. The van der Waals surface area contributed by atoms with Crippen LogP contribution in [0.25, 0.3) is 0 Å². The van der Waals surface area contributed by atoms with Crippen LogP contribution < -0.4 is 5.73 Å². The molecule has 0 unspecified atom stereocenters. The number of hydrogen-bond acceptors (Lipinski definition) is 3. The molecule has 1 amide bonds. The van der Waals surface area contributed by atoms with Crippen molar-refractivity contribution in [2.24, 2.45) is 11.0 Å². The maximum atomic E-state index is 9.64. The molecule has 0 heterocycles. The smallest absolute Gasteiger partial charge is 0.240 e. The van der Waals surface area contributed by atoms with Crippen molar-refractivity contribution in [1.82, 2.24) is 5.01 Å². The Balaban J connectivity index is 0. The lowest BCUT2D eigenvalue weighted by atomic mass is 10.6. The number of carbonyl (C=O) groups is 1. The molecule has 0 radical (unpaired) electrons. The first kappa shape index (κ1) is 13.2. The molecule has 0 saturated carbocycles. The zero-order chi connectivity index (χ0) is 9.98. The minimum Gasteiger partial charge on any atom is -0.366 e. The van der Waals surface area contributed by atoms with Crippen LogP contribution in [0.2, 0.25) is 0 Å². The predicted molar refractivity (Wildman–Crippen MR) is 48.1 cm³/mol. The topological polar surface area (TPSA) is 75.8 Å². The van der Waals surface area contributed by atoms with E-state index in [4.69, 9.17) is 0 Å². The van der Waals surface area contributed by atoms with E-state index in [0.29, 0.717) is 13.1 Å². The Kier molecular flexibility index (Phi) is 10.6. The summed E-state index contributed by atoms with van der Waals surface area (Å²) in [5.74, 6) is -0.481. The average molecular weight is 173 g/mol. The second-order valence-electron chi connectivity index (χ2n) is 1.83. The Morgan fingerprint density at radius 2 is 1.92 bits per heavy atom. The van der Waals surface area contributed by atoms with Crippen LogP contribution in [-0.4, -0.2) is 24.0 Å². The second-order valence-corrected chi connectivity index (χ2v) is 1.83. The van der Waals surface area contributed by atoms with E-state index in [1.807, 2.05) is 13.8 Å². The van der Waals surface area contributed by atoms with Crippen molar-refractivity contribution in [3.8, 4) is 0 Å². The normalized spacial score (nSPS) is 7.50. The molecule has 0 bridgehead atoms. The van der Waals surface area contributed by atoms with Crippen LogP contribution in [0, 0.1) is 4.91 Å². The lowest BCUT2D eigenvalue weighted by Gasteiger charge is -2.06. The Hall–Kier alpha value is -1.39. The van der Waals surface area contributed by atoms with Gasteiger partial charge in [-0.3, -0.25) is 9.80 Å². The highest BCUT2D eigenvalue weighted by Gasteiger charge is 1.88. The van der Waals surface area contributed by atoms with E-state index < -0.39 is 5.91 Å². The predicted octanol–water partition coefficient (Wildman–Crippen LogP) is 0.667. The number of rotatable bonds is 4. The van der Waals surface area contributed by atoms with Crippen LogP contribution in [0.1, 0.15) is 13.8 Å². The maximum absolute atomic E-state index is 9.64. The molecule has 2 N–H and O–H groups in total. The summed E-state index contributed by atoms with van der Waals surface area (Å²) in [6.07, 6.45) is 1.06. The maximum Gasteiger partial charge on any atom is 0.240 e. The minimum atomic E-state index is -0.481. The van der Waals surface area contributed by atoms with E-state index in [1.165, 1.54) is 5.01 Å². The Morgan fingerprint density at radius 1 is 1.58 bits per heavy atom. The van der Waals surface area contributed by atoms with Crippen molar-refractivity contribution in [1.29, 1.82) is 0 Å². The van der Waals surface area contributed by atoms with E-state index in [-0.39, 0.29) is 0 Å². The third-order valence-corrected chi connectivity index (χ3v) is 1.05. The number of carbonyl (C=O) groups excluding carboxylic acids is 1. The van der Waals surface area contributed by atoms with Crippen LogP contribution in [0.4, 0.5) is 0 Å². The fourth-order valence-corrected chi connectivity index (χ4v) is 0.339. The quantitative estimate of drug-likeness (QED) is 0.385. The lowest BCUT2D eigenvalue weighted by Crippen LogP contribution is -2.14. The number of nitrogens with zero attached hydrogens (tertiary/aromatic N) is 2. The number of primary amides is 1. The van der Waals surface area contributed by atoms with E-state index in [9.17, 15) is 9.70 Å². The first-order chi connectivity index (χ1) is 5.62. The molecule has 0 spiro atoms. The first-order valence-corrected chi connectivity index (χ1v) is 3.62. The highest BCUT2D eigenvalue weighted by atomic mass is 16.3. The molecule has 0 atom stereocenters. The lowest BCUT2D eigenvalue weighted by molar-refractivity contribution is -0.113. The van der Waals surface area contributed by atoms with Gasteiger partial charge in [-0.15, -0.1) is 4.91 Å². The van der Waals surface area contributed by atoms with Gasteiger partial charge in [0.1, 0.15) is 0 Å². The molecular weight excluding hydrogens is 158 g/mol. The molecule has 12 heavy (non-hydrogen) atoms. The van der Waals surface area contributed by atoms with Crippen molar-refractivity contribution >= 4 is 5.91 Å². The van der Waals surface area contributed by atoms with Gasteiger partial charge >= 0.3 is 0 Å². The highest BCUT2D eigenvalue weighted by Crippen LogP contribution is 1.82. The van der Waals surface area contributed by atoms with Gasteiger partial charge in [0.15, 0.2) is 0 Å². The summed E-state index contributed by atoms with van der Waals surface area (Å²) in [5.41, 5.74) is 4.53. The van der Waals surface area contributed by atoms with Crippen molar-refractivity contribution < 1.29 is 4.79 Å². The van der Waals surface area contributed by atoms with Crippen LogP contribution >= 0.6 is 0 Å². The molecule has 5 heteroatoms. The number of hydrogen-bond donors (Lipinski definition) is 1. The number of nitroso groups, excluding NO2 is 1. The fraction of sp³-hybridized carbons (Fsp3) is 0.571. The largest absolute Gasteiger partial charge is 0.366 e. The minimum absolute atomic E-state index is 0.481. The van der Waals surface area contributed by atoms with Gasteiger partial charge in [0.05, 0.1) is 5.29 Å². The molecule has 0 aliphatic carbocycles. The van der Waals surface area contributed by atoms with E-state index in [2.05, 4.69) is 17.6 Å². The monoisotopic (exact) mass is 173 g/mol. The van der Waals surface area contributed by atoms with Gasteiger partial charge in [-0.1, -0.05) is 6.58 Å². The zero-order valence-corrected chi connectivity index (χ0v) is 7.49. The van der Waals surface area contributed by atoms with Crippen LogP contribution in [0.5, 0.6) is 0 Å². The van der Waals surface area contributed by atoms with Gasteiger partial charge in [0.2, 0.25) is 5.91 Å². The summed E-state index contributed by atoms with van der Waals surface area (Å²) in [6, 6.07) is 0. The summed E-state index contributed by atoms with van der Waals surface area (Å²) >= 11 is 0. The summed E-state index contributed by atoms with van der Waals surface area (Å²) in [6.45, 7) is 8.29. The van der Waals surface area contributed by atoms with Crippen molar-refractivity contribution in [3.63, 3.8) is 0 Å². The van der Waals surface area contributed by atoms with E-state index in [1.54, 1.807) is 0 Å². The first-order valence-electron chi connectivity index (χ1n) is 3.62. The third kappa shape index (κ3) is 11.4. The van der Waals surface area contributed by atoms with E-state index in [0.717, 1.165) is 6.08 Å².